The van der Waals surface area contributed by atoms with Gasteiger partial charge in [0.2, 0.25) is 0 Å². The van der Waals surface area contributed by atoms with Gasteiger partial charge in [0.05, 0.1) is 24.8 Å². The van der Waals surface area contributed by atoms with Gasteiger partial charge in [-0.15, -0.1) is 0 Å². The Morgan fingerprint density at radius 1 is 1.21 bits per heavy atom. The minimum atomic E-state index is -0.257. The van der Waals surface area contributed by atoms with Gasteiger partial charge >= 0.3 is 0 Å². The lowest BCUT2D eigenvalue weighted by Gasteiger charge is -2.33. The summed E-state index contributed by atoms with van der Waals surface area (Å²) < 4.78 is 10.8. The summed E-state index contributed by atoms with van der Waals surface area (Å²) in [5.74, 6) is 0.112. The van der Waals surface area contributed by atoms with Crippen molar-refractivity contribution in [1.29, 1.82) is 0 Å². The third-order valence-corrected chi connectivity index (χ3v) is 4.89. The Labute approximate surface area is 163 Å². The Morgan fingerprint density at radius 3 is 2.71 bits per heavy atom. The molecule has 1 aliphatic rings. The molecule has 28 heavy (non-hydrogen) atoms. The smallest absolute Gasteiger partial charge is 0.257 e. The normalized spacial score (nSPS) is 16.5. The number of methoxy groups -OCH3 is 1. The van der Waals surface area contributed by atoms with E-state index in [1.54, 1.807) is 35.2 Å². The molecule has 0 saturated carbocycles. The first-order valence-electron chi connectivity index (χ1n) is 9.10. The molecule has 2 aromatic carbocycles. The van der Waals surface area contributed by atoms with Crippen LogP contribution in [0.4, 0.5) is 0 Å². The quantitative estimate of drug-likeness (QED) is 0.743. The zero-order chi connectivity index (χ0) is 20.1. The largest absolute Gasteiger partial charge is 0.507 e. The molecule has 7 heteroatoms. The molecule has 1 amide bonds. The standard InChI is InChI=1S/C21H23NO6/c1-27-19-9-2-6-15(20(19)25)21(26)22-10-4-5-14(11-22)13-28-18-8-3-7-17(24)16(18)12-23/h2-3,6-9,12,14,24-25H,4-5,10-11,13H2,1H3/t14-/m1/s1. The van der Waals surface area contributed by atoms with Crippen LogP contribution in [0.3, 0.4) is 0 Å². The Kier molecular flexibility index (Phi) is 6.03. The second-order valence-corrected chi connectivity index (χ2v) is 6.73. The topological polar surface area (TPSA) is 96.3 Å². The number of piperidine rings is 1. The van der Waals surface area contributed by atoms with Crippen molar-refractivity contribution < 1.29 is 29.3 Å². The van der Waals surface area contributed by atoms with Gasteiger partial charge in [0.15, 0.2) is 17.8 Å². The molecule has 0 bridgehead atoms. The molecule has 148 valence electrons. The summed E-state index contributed by atoms with van der Waals surface area (Å²) in [5, 5.41) is 20.0. The van der Waals surface area contributed by atoms with Gasteiger partial charge in [-0.2, -0.15) is 0 Å². The predicted octanol–water partition coefficient (Wildman–Crippen LogP) is 2.85. The number of carbonyl (C=O) groups is 2. The minimum Gasteiger partial charge on any atom is -0.507 e. The molecule has 1 fully saturated rings. The molecular formula is C21H23NO6. The predicted molar refractivity (Wildman–Crippen MR) is 102 cm³/mol. The Bertz CT molecular complexity index is 866. The molecule has 1 atom stereocenters. The summed E-state index contributed by atoms with van der Waals surface area (Å²) in [5.41, 5.74) is 0.324. The number of hydrogen-bond acceptors (Lipinski definition) is 6. The molecular weight excluding hydrogens is 362 g/mol. The van der Waals surface area contributed by atoms with Gasteiger partial charge in [-0.3, -0.25) is 9.59 Å². The number of rotatable bonds is 6. The number of para-hydroxylation sites is 1. The van der Waals surface area contributed by atoms with Crippen LogP contribution in [0.1, 0.15) is 33.6 Å². The summed E-state index contributed by atoms with van der Waals surface area (Å²) in [6.07, 6.45) is 2.25. The summed E-state index contributed by atoms with van der Waals surface area (Å²) in [4.78, 5) is 25.7. The highest BCUT2D eigenvalue weighted by Crippen LogP contribution is 2.31. The van der Waals surface area contributed by atoms with Crippen molar-refractivity contribution in [2.75, 3.05) is 26.8 Å². The average molecular weight is 385 g/mol. The Balaban J connectivity index is 1.67. The van der Waals surface area contributed by atoms with Crippen LogP contribution in [0.2, 0.25) is 0 Å². The number of carbonyl (C=O) groups excluding carboxylic acids is 2. The molecule has 0 spiro atoms. The average Bonchev–Trinajstić information content (AvgIpc) is 2.72. The lowest BCUT2D eigenvalue weighted by Crippen LogP contribution is -2.41. The van der Waals surface area contributed by atoms with E-state index in [1.165, 1.54) is 13.2 Å². The van der Waals surface area contributed by atoms with Crippen molar-refractivity contribution in [3.05, 3.63) is 47.5 Å². The van der Waals surface area contributed by atoms with Gasteiger partial charge in [-0.25, -0.2) is 0 Å². The van der Waals surface area contributed by atoms with Gasteiger partial charge in [0, 0.05) is 19.0 Å². The molecule has 7 nitrogen and oxygen atoms in total. The van der Waals surface area contributed by atoms with E-state index in [4.69, 9.17) is 9.47 Å². The number of hydrogen-bond donors (Lipinski definition) is 2. The minimum absolute atomic E-state index is 0.0762. The van der Waals surface area contributed by atoms with Gasteiger partial charge in [0.1, 0.15) is 11.5 Å². The lowest BCUT2D eigenvalue weighted by atomic mass is 9.98. The number of nitrogens with zero attached hydrogens (tertiary/aromatic N) is 1. The molecule has 0 unspecified atom stereocenters. The maximum absolute atomic E-state index is 12.8. The van der Waals surface area contributed by atoms with E-state index >= 15 is 0 Å². The van der Waals surface area contributed by atoms with Crippen LogP contribution in [0, 0.1) is 5.92 Å². The summed E-state index contributed by atoms with van der Waals surface area (Å²) >= 11 is 0. The van der Waals surface area contributed by atoms with Crippen LogP contribution in [0.25, 0.3) is 0 Å². The molecule has 1 heterocycles. The summed E-state index contributed by atoms with van der Waals surface area (Å²) in [6.45, 7) is 1.39. The van der Waals surface area contributed by atoms with E-state index in [9.17, 15) is 19.8 Å². The van der Waals surface area contributed by atoms with Crippen LogP contribution in [-0.2, 0) is 0 Å². The van der Waals surface area contributed by atoms with E-state index in [0.717, 1.165) is 12.8 Å². The first-order chi connectivity index (χ1) is 13.5. The van der Waals surface area contributed by atoms with Gasteiger partial charge in [0.25, 0.3) is 5.91 Å². The Hall–Kier alpha value is -3.22. The third-order valence-electron chi connectivity index (χ3n) is 4.89. The molecule has 0 aromatic heterocycles. The molecule has 1 aliphatic heterocycles. The molecule has 0 aliphatic carbocycles. The monoisotopic (exact) mass is 385 g/mol. The lowest BCUT2D eigenvalue weighted by molar-refractivity contribution is 0.0629. The highest BCUT2D eigenvalue weighted by molar-refractivity contribution is 5.97. The highest BCUT2D eigenvalue weighted by Gasteiger charge is 2.27. The first-order valence-corrected chi connectivity index (χ1v) is 9.10. The van der Waals surface area contributed by atoms with Crippen molar-refractivity contribution in [2.45, 2.75) is 12.8 Å². The van der Waals surface area contributed by atoms with Crippen molar-refractivity contribution in [1.82, 2.24) is 4.90 Å². The van der Waals surface area contributed by atoms with Gasteiger partial charge in [-0.05, 0) is 37.1 Å². The van der Waals surface area contributed by atoms with E-state index in [0.29, 0.717) is 31.7 Å². The Morgan fingerprint density at radius 2 is 1.96 bits per heavy atom. The van der Waals surface area contributed by atoms with E-state index in [1.807, 2.05) is 0 Å². The number of aromatic hydroxyl groups is 2. The van der Waals surface area contributed by atoms with Crippen LogP contribution < -0.4 is 9.47 Å². The van der Waals surface area contributed by atoms with Crippen molar-refractivity contribution >= 4 is 12.2 Å². The molecule has 0 radical (unpaired) electrons. The van der Waals surface area contributed by atoms with Crippen LogP contribution in [-0.4, -0.2) is 54.1 Å². The summed E-state index contributed by atoms with van der Waals surface area (Å²) in [7, 11) is 1.44. The number of phenolic OH excluding ortho intramolecular Hbond substituents is 2. The first kappa shape index (κ1) is 19.5. The molecule has 2 N–H and O–H groups in total. The molecule has 1 saturated heterocycles. The number of benzene rings is 2. The van der Waals surface area contributed by atoms with Crippen molar-refractivity contribution in [2.24, 2.45) is 5.92 Å². The second-order valence-electron chi connectivity index (χ2n) is 6.73. The van der Waals surface area contributed by atoms with Crippen molar-refractivity contribution in [3.63, 3.8) is 0 Å². The van der Waals surface area contributed by atoms with E-state index in [2.05, 4.69) is 0 Å². The second kappa shape index (κ2) is 8.65. The SMILES string of the molecule is COc1cccc(C(=O)N2CCC[C@@H](COc3cccc(O)c3C=O)C2)c1O. The third kappa shape index (κ3) is 4.03. The van der Waals surface area contributed by atoms with E-state index in [-0.39, 0.29) is 40.2 Å². The number of aldehydes is 1. The number of ether oxygens (including phenoxy) is 2. The van der Waals surface area contributed by atoms with E-state index < -0.39 is 0 Å². The fourth-order valence-corrected chi connectivity index (χ4v) is 3.40. The fraction of sp³-hybridized carbons (Fsp3) is 0.333. The van der Waals surface area contributed by atoms with Crippen molar-refractivity contribution in [3.8, 4) is 23.0 Å². The number of likely N-dealkylation sites (tertiary alicyclic amines) is 1. The molecule has 2 aromatic rings. The molecule has 3 rings (SSSR count). The fourth-order valence-electron chi connectivity index (χ4n) is 3.40. The highest BCUT2D eigenvalue weighted by atomic mass is 16.5. The maximum atomic E-state index is 12.8. The van der Waals surface area contributed by atoms with Crippen LogP contribution in [0.15, 0.2) is 36.4 Å². The van der Waals surface area contributed by atoms with Crippen LogP contribution >= 0.6 is 0 Å². The number of phenols is 2. The zero-order valence-electron chi connectivity index (χ0n) is 15.6. The van der Waals surface area contributed by atoms with Gasteiger partial charge in [-0.1, -0.05) is 12.1 Å². The number of amides is 1. The zero-order valence-corrected chi connectivity index (χ0v) is 15.6. The van der Waals surface area contributed by atoms with Crippen LogP contribution in [0.5, 0.6) is 23.0 Å². The van der Waals surface area contributed by atoms with Gasteiger partial charge < -0.3 is 24.6 Å². The summed E-state index contributed by atoms with van der Waals surface area (Å²) in [6, 6.07) is 9.50. The maximum Gasteiger partial charge on any atom is 0.257 e.